The van der Waals surface area contributed by atoms with Crippen molar-refractivity contribution in [1.29, 1.82) is 0 Å². The van der Waals surface area contributed by atoms with Crippen molar-refractivity contribution in [3.63, 3.8) is 0 Å². The quantitative estimate of drug-likeness (QED) is 0.0308. The Balaban J connectivity index is 1.46. The number of benzene rings is 5. The van der Waals surface area contributed by atoms with Gasteiger partial charge in [-0.3, -0.25) is 19.7 Å². The summed E-state index contributed by atoms with van der Waals surface area (Å²) in [5.41, 5.74) is 1.75. The maximum absolute atomic E-state index is 14.7. The number of carbonyl (C=O) groups excluding carboxylic acids is 3. The highest BCUT2D eigenvalue weighted by Crippen LogP contribution is 2.44. The molecule has 0 amide bonds. The van der Waals surface area contributed by atoms with Crippen molar-refractivity contribution in [1.82, 2.24) is 5.32 Å². The lowest BCUT2D eigenvalue weighted by molar-refractivity contribution is -0.155. The van der Waals surface area contributed by atoms with Crippen molar-refractivity contribution >= 4 is 36.4 Å². The van der Waals surface area contributed by atoms with Gasteiger partial charge in [0.2, 0.25) is 0 Å². The number of carbonyl (C=O) groups is 3. The number of allylic oxidation sites excluding steroid dienone is 1. The Kier molecular flexibility index (Phi) is 16.2. The molecule has 0 radical (unpaired) electrons. The van der Waals surface area contributed by atoms with Gasteiger partial charge in [-0.1, -0.05) is 185 Å². The third-order valence-electron chi connectivity index (χ3n) is 12.5. The fourth-order valence-corrected chi connectivity index (χ4v) is 14.4. The van der Waals surface area contributed by atoms with Gasteiger partial charge < -0.3 is 13.9 Å². The molecule has 4 atom stereocenters. The summed E-state index contributed by atoms with van der Waals surface area (Å²) in [6.45, 7) is 12.4. The van der Waals surface area contributed by atoms with Gasteiger partial charge in [0.05, 0.1) is 25.2 Å². The number of ether oxygens (including phenoxy) is 2. The van der Waals surface area contributed by atoms with E-state index >= 15 is 0 Å². The lowest BCUT2D eigenvalue weighted by atomic mass is 9.71. The molecule has 1 fully saturated rings. The van der Waals surface area contributed by atoms with E-state index in [0.717, 1.165) is 27.1 Å². The molecular weight excluding hydrogens is 811 g/mol. The summed E-state index contributed by atoms with van der Waals surface area (Å²) < 4.78 is 18.8. The number of ketones is 1. The minimum atomic E-state index is -3.09. The number of rotatable bonds is 18. The first kappa shape index (κ1) is 48.1. The van der Waals surface area contributed by atoms with E-state index in [1.807, 2.05) is 51.1 Å². The molecule has 1 aliphatic rings. The SMILES string of the molecule is COC(=O)C[C@@H]1[C@@H](O[Si](c2ccccc2)(c2ccccc2)C(C)(C)C)CCC(=O)[C@@H]1C[C@H](/C=C\CCCC(=O)OC(C)(C)C)NC(c1ccccc1)(c1ccccc1)c1ccccc1. The van der Waals surface area contributed by atoms with E-state index in [9.17, 15) is 14.4 Å². The van der Waals surface area contributed by atoms with Gasteiger partial charge in [0.15, 0.2) is 0 Å². The molecule has 336 valence electrons. The number of unbranched alkanes of at least 4 members (excludes halogenated alkanes) is 1. The highest BCUT2D eigenvalue weighted by atomic mass is 28.4. The van der Waals surface area contributed by atoms with Gasteiger partial charge >= 0.3 is 11.9 Å². The van der Waals surface area contributed by atoms with Crippen LogP contribution in [0.1, 0.15) is 103 Å². The first-order valence-corrected chi connectivity index (χ1v) is 24.8. The summed E-state index contributed by atoms with van der Waals surface area (Å²) in [7, 11) is -1.67. The summed E-state index contributed by atoms with van der Waals surface area (Å²) in [6.07, 6.45) is 6.69. The van der Waals surface area contributed by atoms with E-state index in [0.29, 0.717) is 38.5 Å². The second-order valence-electron chi connectivity index (χ2n) is 19.1. The normalized spacial score (nSPS) is 17.8. The van der Waals surface area contributed by atoms with E-state index in [1.165, 1.54) is 7.11 Å². The lowest BCUT2D eigenvalue weighted by Gasteiger charge is -2.49. The van der Waals surface area contributed by atoms with E-state index in [1.54, 1.807) is 0 Å². The van der Waals surface area contributed by atoms with Crippen molar-refractivity contribution in [2.24, 2.45) is 11.8 Å². The minimum absolute atomic E-state index is 0.0449. The minimum Gasteiger partial charge on any atom is -0.469 e. The predicted octanol–water partition coefficient (Wildman–Crippen LogP) is 10.5. The smallest absolute Gasteiger partial charge is 0.306 e. The van der Waals surface area contributed by atoms with Gasteiger partial charge in [0, 0.05) is 30.7 Å². The van der Waals surface area contributed by atoms with Gasteiger partial charge in [-0.15, -0.1) is 0 Å². The lowest BCUT2D eigenvalue weighted by Crippen LogP contribution is -2.68. The van der Waals surface area contributed by atoms with Gasteiger partial charge in [0.1, 0.15) is 11.4 Å². The van der Waals surface area contributed by atoms with Crippen molar-refractivity contribution in [2.45, 2.75) is 115 Å². The van der Waals surface area contributed by atoms with E-state index in [-0.39, 0.29) is 35.2 Å². The highest BCUT2D eigenvalue weighted by Gasteiger charge is 2.54. The molecule has 1 aliphatic carbocycles. The van der Waals surface area contributed by atoms with Crippen molar-refractivity contribution in [3.05, 3.63) is 181 Å². The molecule has 0 unspecified atom stereocenters. The summed E-state index contributed by atoms with van der Waals surface area (Å²) in [5.74, 6) is -1.47. The van der Waals surface area contributed by atoms with Crippen LogP contribution in [-0.4, -0.2) is 50.9 Å². The van der Waals surface area contributed by atoms with Crippen LogP contribution in [0.5, 0.6) is 0 Å². The highest BCUT2D eigenvalue weighted by molar-refractivity contribution is 6.99. The zero-order chi connectivity index (χ0) is 45.8. The van der Waals surface area contributed by atoms with Gasteiger partial charge in [0.25, 0.3) is 8.32 Å². The molecule has 0 heterocycles. The molecule has 0 saturated heterocycles. The largest absolute Gasteiger partial charge is 0.469 e. The molecule has 0 spiro atoms. The van der Waals surface area contributed by atoms with Crippen molar-refractivity contribution < 1.29 is 28.3 Å². The monoisotopic (exact) mass is 877 g/mol. The molecule has 5 aromatic carbocycles. The van der Waals surface area contributed by atoms with Crippen LogP contribution in [0.25, 0.3) is 0 Å². The summed E-state index contributed by atoms with van der Waals surface area (Å²) >= 11 is 0. The van der Waals surface area contributed by atoms with Gasteiger partial charge in [-0.2, -0.15) is 0 Å². The number of hydrogen-bond donors (Lipinski definition) is 1. The molecule has 7 nitrogen and oxygen atoms in total. The fraction of sp³-hybridized carbons (Fsp3) is 0.375. The Morgan fingerprint density at radius 2 is 1.17 bits per heavy atom. The number of esters is 2. The average Bonchev–Trinajstić information content (AvgIpc) is 3.29. The zero-order valence-corrected chi connectivity index (χ0v) is 39.8. The van der Waals surface area contributed by atoms with Crippen LogP contribution in [0.2, 0.25) is 5.04 Å². The third-order valence-corrected chi connectivity index (χ3v) is 17.6. The summed E-state index contributed by atoms with van der Waals surface area (Å²) in [5, 5.41) is 6.14. The fourth-order valence-electron chi connectivity index (χ4n) is 9.67. The Morgan fingerprint density at radius 3 is 1.61 bits per heavy atom. The molecule has 64 heavy (non-hydrogen) atoms. The topological polar surface area (TPSA) is 90.9 Å². The van der Waals surface area contributed by atoms with Crippen LogP contribution < -0.4 is 15.7 Å². The molecule has 0 bridgehead atoms. The standard InChI is InChI=1S/C56H67NO6Si/c1-54(2,3)62-52(59)37-25-11-20-32-45(57-56(42-26-14-8-15-27-42,43-28-16-9-17-29-43)44-30-18-10-19-31-44)40-48-49(41-53(60)61-7)51(39-38-50(48)58)63-64(55(4,5)6,46-33-21-12-22-34-46)47-35-23-13-24-36-47/h8-10,12-24,26-36,45,48-49,51,57H,11,25,37-41H2,1-7H3/b32-20-/t45-,48+,49-,51-/m0/s1. The van der Waals surface area contributed by atoms with Crippen LogP contribution in [-0.2, 0) is 33.8 Å². The van der Waals surface area contributed by atoms with Crippen molar-refractivity contribution in [3.8, 4) is 0 Å². The first-order valence-electron chi connectivity index (χ1n) is 22.9. The Hall–Kier alpha value is -5.41. The van der Waals surface area contributed by atoms with E-state index in [4.69, 9.17) is 13.9 Å². The van der Waals surface area contributed by atoms with Gasteiger partial charge in [-0.05, 0) is 78.6 Å². The number of Topliss-reactive ketones (excluding diaryl/α,β-unsaturated/α-hetero) is 1. The predicted molar refractivity (Wildman–Crippen MR) is 260 cm³/mol. The van der Waals surface area contributed by atoms with Crippen LogP contribution >= 0.6 is 0 Å². The molecule has 5 aromatic rings. The van der Waals surface area contributed by atoms with Gasteiger partial charge in [-0.25, -0.2) is 0 Å². The maximum atomic E-state index is 14.7. The molecule has 1 N–H and O–H groups in total. The Morgan fingerprint density at radius 1 is 0.703 bits per heavy atom. The maximum Gasteiger partial charge on any atom is 0.306 e. The Labute approximate surface area is 382 Å². The van der Waals surface area contributed by atoms with E-state index < -0.39 is 37.4 Å². The number of nitrogens with one attached hydrogen (secondary N) is 1. The third kappa shape index (κ3) is 11.4. The second kappa shape index (κ2) is 21.5. The molecule has 0 aliphatic heterocycles. The van der Waals surface area contributed by atoms with E-state index in [2.05, 4.69) is 160 Å². The Bertz CT molecular complexity index is 2130. The van der Waals surface area contributed by atoms with Crippen LogP contribution in [0.4, 0.5) is 0 Å². The zero-order valence-electron chi connectivity index (χ0n) is 38.8. The molecular formula is C56H67NO6Si. The van der Waals surface area contributed by atoms with Crippen LogP contribution in [0.3, 0.4) is 0 Å². The van der Waals surface area contributed by atoms with Crippen LogP contribution in [0, 0.1) is 11.8 Å². The molecule has 1 saturated carbocycles. The number of methoxy groups -OCH3 is 1. The van der Waals surface area contributed by atoms with Crippen LogP contribution in [0.15, 0.2) is 164 Å². The second-order valence-corrected chi connectivity index (χ2v) is 23.4. The molecule has 0 aromatic heterocycles. The first-order chi connectivity index (χ1) is 30.7. The molecule has 6 rings (SSSR count). The molecule has 8 heteroatoms. The summed E-state index contributed by atoms with van der Waals surface area (Å²) in [6, 6.07) is 52.0. The summed E-state index contributed by atoms with van der Waals surface area (Å²) in [4.78, 5) is 41.0. The number of hydrogen-bond acceptors (Lipinski definition) is 7. The van der Waals surface area contributed by atoms with Crippen molar-refractivity contribution in [2.75, 3.05) is 7.11 Å². The average molecular weight is 878 g/mol.